The number of ketones is 2. The van der Waals surface area contributed by atoms with Gasteiger partial charge in [0.2, 0.25) is 0 Å². The Morgan fingerprint density at radius 2 is 1.72 bits per heavy atom. The van der Waals surface area contributed by atoms with Crippen LogP contribution in [-0.4, -0.2) is 11.6 Å². The Bertz CT molecular complexity index is 609. The third kappa shape index (κ3) is 2.21. The van der Waals surface area contributed by atoms with E-state index in [-0.39, 0.29) is 22.7 Å². The molecular weight excluding hydrogens is 308 g/mol. The quantitative estimate of drug-likeness (QED) is 0.635. The van der Waals surface area contributed by atoms with Crippen molar-refractivity contribution in [2.45, 2.75) is 86.0 Å². The predicted octanol–water partition coefficient (Wildman–Crippen LogP) is 5.44. The van der Waals surface area contributed by atoms with Crippen LogP contribution >= 0.6 is 0 Å². The molecule has 0 amide bonds. The molecule has 4 fully saturated rings. The maximum absolute atomic E-state index is 13.4. The molecule has 0 heterocycles. The summed E-state index contributed by atoms with van der Waals surface area (Å²) in [5.41, 5.74) is 0.581. The van der Waals surface area contributed by atoms with Crippen LogP contribution in [0.25, 0.3) is 0 Å². The molecule has 0 aromatic heterocycles. The molecule has 4 unspecified atom stereocenters. The molecule has 25 heavy (non-hydrogen) atoms. The zero-order valence-corrected chi connectivity index (χ0v) is 16.9. The highest BCUT2D eigenvalue weighted by atomic mass is 16.1. The van der Waals surface area contributed by atoms with Crippen molar-refractivity contribution in [3.05, 3.63) is 0 Å². The Morgan fingerprint density at radius 3 is 2.40 bits per heavy atom. The molecule has 0 aromatic rings. The number of fused-ring (bicyclic) bond motifs is 5. The van der Waals surface area contributed by atoms with Gasteiger partial charge in [-0.3, -0.25) is 9.59 Å². The molecule has 2 heteroatoms. The smallest absolute Gasteiger partial charge is 0.137 e. The average Bonchev–Trinajstić information content (AvgIpc) is 2.86. The lowest BCUT2D eigenvalue weighted by Gasteiger charge is -2.64. The van der Waals surface area contributed by atoms with E-state index in [2.05, 4.69) is 27.7 Å². The molecule has 0 N–H and O–H groups in total. The van der Waals surface area contributed by atoms with Crippen molar-refractivity contribution < 1.29 is 9.59 Å². The molecule has 2 nitrogen and oxygen atoms in total. The van der Waals surface area contributed by atoms with Gasteiger partial charge in [0.25, 0.3) is 0 Å². The summed E-state index contributed by atoms with van der Waals surface area (Å²) in [4.78, 5) is 25.7. The molecule has 4 rings (SSSR count). The van der Waals surface area contributed by atoms with Gasteiger partial charge >= 0.3 is 0 Å². The average molecular weight is 345 g/mol. The third-order valence-corrected chi connectivity index (χ3v) is 9.85. The van der Waals surface area contributed by atoms with Gasteiger partial charge in [0.05, 0.1) is 0 Å². The van der Waals surface area contributed by atoms with E-state index >= 15 is 0 Å². The molecule has 0 aromatic carbocycles. The highest BCUT2D eigenvalue weighted by molar-refractivity contribution is 5.85. The summed E-state index contributed by atoms with van der Waals surface area (Å²) >= 11 is 0. The Morgan fingerprint density at radius 1 is 1.00 bits per heavy atom. The number of hydrogen-bond acceptors (Lipinski definition) is 2. The summed E-state index contributed by atoms with van der Waals surface area (Å²) in [7, 11) is 0. The molecule has 0 radical (unpaired) electrons. The lowest BCUT2D eigenvalue weighted by molar-refractivity contribution is -0.176. The highest BCUT2D eigenvalue weighted by Gasteiger charge is 2.65. The lowest BCUT2D eigenvalue weighted by atomic mass is 9.39. The summed E-state index contributed by atoms with van der Waals surface area (Å²) in [5.74, 6) is 3.08. The number of carbonyl (C=O) groups is 2. The SMILES string of the molecule is CC(=O)C1CCC2C3C(=O)C[C@@]4(C)C[C@@H](C)CC[C@]4(C)C3CC[C@]12C. The van der Waals surface area contributed by atoms with E-state index in [4.69, 9.17) is 0 Å². The van der Waals surface area contributed by atoms with Gasteiger partial charge < -0.3 is 0 Å². The van der Waals surface area contributed by atoms with Gasteiger partial charge in [0.1, 0.15) is 11.6 Å². The first-order valence-corrected chi connectivity index (χ1v) is 10.7. The van der Waals surface area contributed by atoms with Gasteiger partial charge in [0, 0.05) is 18.3 Å². The van der Waals surface area contributed by atoms with Gasteiger partial charge in [0.15, 0.2) is 0 Å². The third-order valence-electron chi connectivity index (χ3n) is 9.85. The van der Waals surface area contributed by atoms with E-state index in [9.17, 15) is 9.59 Å². The van der Waals surface area contributed by atoms with Gasteiger partial charge in [-0.2, -0.15) is 0 Å². The van der Waals surface area contributed by atoms with Crippen LogP contribution in [0.1, 0.15) is 86.0 Å². The number of hydrogen-bond donors (Lipinski definition) is 0. The number of rotatable bonds is 1. The van der Waals surface area contributed by atoms with E-state index in [1.54, 1.807) is 6.92 Å². The molecule has 140 valence electrons. The predicted molar refractivity (Wildman–Crippen MR) is 100 cm³/mol. The zero-order valence-electron chi connectivity index (χ0n) is 16.9. The minimum absolute atomic E-state index is 0.0781. The first-order chi connectivity index (χ1) is 11.6. The van der Waals surface area contributed by atoms with E-state index in [0.29, 0.717) is 28.8 Å². The maximum atomic E-state index is 13.4. The van der Waals surface area contributed by atoms with Crippen LogP contribution in [0.5, 0.6) is 0 Å². The normalized spacial score (nSPS) is 55.2. The van der Waals surface area contributed by atoms with Gasteiger partial charge in [-0.25, -0.2) is 0 Å². The van der Waals surface area contributed by atoms with E-state index in [1.165, 1.54) is 19.3 Å². The van der Waals surface area contributed by atoms with Crippen molar-refractivity contribution in [2.24, 2.45) is 45.8 Å². The lowest BCUT2D eigenvalue weighted by Crippen LogP contribution is -2.60. The van der Waals surface area contributed by atoms with Gasteiger partial charge in [-0.1, -0.05) is 34.1 Å². The Kier molecular flexibility index (Phi) is 3.85. The molecular formula is C23H36O2. The van der Waals surface area contributed by atoms with E-state index in [0.717, 1.165) is 38.0 Å². The second-order valence-electron chi connectivity index (χ2n) is 11.0. The van der Waals surface area contributed by atoms with Crippen LogP contribution in [-0.2, 0) is 9.59 Å². The Labute approximate surface area is 153 Å². The van der Waals surface area contributed by atoms with Crippen LogP contribution in [0.4, 0.5) is 0 Å². The fraction of sp³-hybridized carbons (Fsp3) is 0.913. The molecule has 4 aliphatic rings. The molecule has 0 bridgehead atoms. The van der Waals surface area contributed by atoms with Crippen LogP contribution < -0.4 is 0 Å². The summed E-state index contributed by atoms with van der Waals surface area (Å²) in [5, 5.41) is 0. The molecule has 0 saturated heterocycles. The van der Waals surface area contributed by atoms with Crippen LogP contribution in [0.3, 0.4) is 0 Å². The summed E-state index contributed by atoms with van der Waals surface area (Å²) in [6.45, 7) is 11.4. The van der Waals surface area contributed by atoms with Crippen molar-refractivity contribution in [3.63, 3.8) is 0 Å². The number of Topliss-reactive ketones (excluding diaryl/α,β-unsaturated/α-hetero) is 2. The summed E-state index contributed by atoms with van der Waals surface area (Å²) < 4.78 is 0. The molecule has 4 aliphatic carbocycles. The molecule has 8 atom stereocenters. The Hall–Kier alpha value is -0.660. The second kappa shape index (κ2) is 5.42. The van der Waals surface area contributed by atoms with E-state index < -0.39 is 0 Å². The minimum Gasteiger partial charge on any atom is -0.300 e. The van der Waals surface area contributed by atoms with Crippen LogP contribution in [0.15, 0.2) is 0 Å². The fourth-order valence-corrected chi connectivity index (χ4v) is 8.33. The van der Waals surface area contributed by atoms with Crippen molar-refractivity contribution in [1.82, 2.24) is 0 Å². The van der Waals surface area contributed by atoms with E-state index in [1.807, 2.05) is 0 Å². The van der Waals surface area contributed by atoms with Crippen molar-refractivity contribution >= 4 is 11.6 Å². The first-order valence-electron chi connectivity index (χ1n) is 10.7. The highest BCUT2D eigenvalue weighted by Crippen LogP contribution is 2.70. The largest absolute Gasteiger partial charge is 0.300 e. The van der Waals surface area contributed by atoms with Gasteiger partial charge in [-0.05, 0) is 79.4 Å². The molecule has 0 spiro atoms. The fourth-order valence-electron chi connectivity index (χ4n) is 8.33. The summed E-state index contributed by atoms with van der Waals surface area (Å²) in [6.07, 6.45) is 9.03. The standard InChI is InChI=1S/C23H36O2/c1-14-8-11-23(5)18-9-10-22(4)16(15(2)24)6-7-17(22)20(18)19(25)13-21(23,3)12-14/h14,16-18,20H,6-13H2,1-5H3/t14-,16?,17?,18?,20?,21+,22+,23+/m0/s1. The topological polar surface area (TPSA) is 34.1 Å². The van der Waals surface area contributed by atoms with Crippen molar-refractivity contribution in [2.75, 3.05) is 0 Å². The van der Waals surface area contributed by atoms with Crippen molar-refractivity contribution in [1.29, 1.82) is 0 Å². The van der Waals surface area contributed by atoms with Gasteiger partial charge in [-0.15, -0.1) is 0 Å². The molecule has 0 aliphatic heterocycles. The second-order valence-corrected chi connectivity index (χ2v) is 11.0. The zero-order chi connectivity index (χ0) is 18.2. The van der Waals surface area contributed by atoms with Crippen LogP contribution in [0.2, 0.25) is 0 Å². The monoisotopic (exact) mass is 344 g/mol. The molecule has 4 saturated carbocycles. The number of carbonyl (C=O) groups excluding carboxylic acids is 2. The minimum atomic E-state index is 0.0781. The van der Waals surface area contributed by atoms with Crippen LogP contribution in [0, 0.1) is 45.8 Å². The first kappa shape index (κ1) is 17.7. The van der Waals surface area contributed by atoms with Crippen molar-refractivity contribution in [3.8, 4) is 0 Å². The maximum Gasteiger partial charge on any atom is 0.137 e. The Balaban J connectivity index is 1.72. The summed E-state index contributed by atoms with van der Waals surface area (Å²) in [6, 6.07) is 0.